The second kappa shape index (κ2) is 5.32. The Morgan fingerprint density at radius 1 is 1.38 bits per heavy atom. The molecule has 3 heterocycles. The van der Waals surface area contributed by atoms with Gasteiger partial charge in [-0.05, 0) is 12.3 Å². The molecule has 0 spiro atoms. The first-order chi connectivity index (χ1) is 11.4. The van der Waals surface area contributed by atoms with E-state index in [2.05, 4.69) is 5.16 Å². The normalized spacial score (nSPS) is 35.5. The van der Waals surface area contributed by atoms with Gasteiger partial charge in [0.25, 0.3) is 0 Å². The van der Waals surface area contributed by atoms with Crippen molar-refractivity contribution in [3.8, 4) is 0 Å². The van der Waals surface area contributed by atoms with Crippen molar-refractivity contribution in [3.63, 3.8) is 0 Å². The standard InChI is InChI=1S/C15H22N4O5/c1-7(2)6-23-16-9-8-4-5-18-14(21)17(3)15(22)19(18)10(8)11(20)13-12(9)24-13/h7-8,10-13,20H,4-6H2,1-3H3/b16-9-/t8-,10-,11+,12-,13+/m1/s1. The van der Waals surface area contributed by atoms with Crippen LogP contribution in [0, 0.1) is 11.8 Å². The molecule has 24 heavy (non-hydrogen) atoms. The van der Waals surface area contributed by atoms with E-state index in [1.165, 1.54) is 16.4 Å². The first-order valence-electron chi connectivity index (χ1n) is 8.33. The largest absolute Gasteiger partial charge is 0.395 e. The average molecular weight is 338 g/mol. The van der Waals surface area contributed by atoms with E-state index >= 15 is 0 Å². The summed E-state index contributed by atoms with van der Waals surface area (Å²) >= 11 is 0. The molecule has 1 aromatic rings. The minimum absolute atomic E-state index is 0.171. The predicted molar refractivity (Wildman–Crippen MR) is 84.0 cm³/mol. The molecule has 2 fully saturated rings. The summed E-state index contributed by atoms with van der Waals surface area (Å²) in [6.45, 7) is 4.97. The Bertz CT molecular complexity index is 804. The molecule has 5 atom stereocenters. The summed E-state index contributed by atoms with van der Waals surface area (Å²) in [5.74, 6) is 0.180. The Morgan fingerprint density at radius 3 is 2.83 bits per heavy atom. The van der Waals surface area contributed by atoms with Crippen LogP contribution in [-0.4, -0.2) is 49.7 Å². The molecule has 0 amide bonds. The quantitative estimate of drug-likeness (QED) is 0.567. The highest BCUT2D eigenvalue weighted by Crippen LogP contribution is 2.46. The van der Waals surface area contributed by atoms with Crippen LogP contribution in [0.5, 0.6) is 0 Å². The van der Waals surface area contributed by atoms with Gasteiger partial charge in [-0.1, -0.05) is 19.0 Å². The van der Waals surface area contributed by atoms with Crippen LogP contribution in [0.25, 0.3) is 0 Å². The number of ether oxygens (including phenoxy) is 1. The van der Waals surface area contributed by atoms with Crippen LogP contribution in [0.2, 0.25) is 0 Å². The zero-order chi connectivity index (χ0) is 17.2. The number of oxime groups is 1. The summed E-state index contributed by atoms with van der Waals surface area (Å²) in [5.41, 5.74) is -0.0419. The number of aliphatic hydroxyl groups is 1. The van der Waals surface area contributed by atoms with Crippen molar-refractivity contribution in [1.29, 1.82) is 0 Å². The number of hydrogen-bond acceptors (Lipinski definition) is 6. The molecule has 1 saturated heterocycles. The predicted octanol–water partition coefficient (Wildman–Crippen LogP) is -0.920. The van der Waals surface area contributed by atoms with Gasteiger partial charge in [-0.3, -0.25) is 0 Å². The van der Waals surface area contributed by atoms with Gasteiger partial charge in [-0.15, -0.1) is 0 Å². The molecule has 0 radical (unpaired) electrons. The van der Waals surface area contributed by atoms with Crippen LogP contribution in [0.1, 0.15) is 26.3 Å². The second-order valence-corrected chi connectivity index (χ2v) is 7.20. The van der Waals surface area contributed by atoms with Crippen LogP contribution >= 0.6 is 0 Å². The molecule has 0 unspecified atom stereocenters. The summed E-state index contributed by atoms with van der Waals surface area (Å²) in [6, 6.07) is -0.551. The van der Waals surface area contributed by atoms with Crippen molar-refractivity contribution in [2.45, 2.75) is 51.2 Å². The fourth-order valence-electron chi connectivity index (χ4n) is 3.81. The van der Waals surface area contributed by atoms with E-state index in [0.29, 0.717) is 25.5 Å². The molecule has 1 aromatic heterocycles. The van der Waals surface area contributed by atoms with Gasteiger partial charge in [0.2, 0.25) is 0 Å². The summed E-state index contributed by atoms with van der Waals surface area (Å²) in [5, 5.41) is 14.9. The first kappa shape index (κ1) is 15.6. The van der Waals surface area contributed by atoms with E-state index in [4.69, 9.17) is 9.57 Å². The Balaban J connectivity index is 1.74. The number of fused-ring (bicyclic) bond motifs is 4. The van der Waals surface area contributed by atoms with Crippen LogP contribution in [0.3, 0.4) is 0 Å². The topological polar surface area (TPSA) is 103 Å². The summed E-state index contributed by atoms with van der Waals surface area (Å²) < 4.78 is 9.42. The monoisotopic (exact) mass is 338 g/mol. The van der Waals surface area contributed by atoms with Crippen molar-refractivity contribution in [1.82, 2.24) is 13.9 Å². The van der Waals surface area contributed by atoms with E-state index in [9.17, 15) is 14.7 Å². The van der Waals surface area contributed by atoms with Gasteiger partial charge in [0, 0.05) is 19.5 Å². The van der Waals surface area contributed by atoms with Crippen LogP contribution in [-0.2, 0) is 23.2 Å². The van der Waals surface area contributed by atoms with Crippen molar-refractivity contribution < 1.29 is 14.7 Å². The maximum absolute atomic E-state index is 12.4. The minimum Gasteiger partial charge on any atom is -0.395 e. The molecule has 1 saturated carbocycles. The fraction of sp³-hybridized carbons (Fsp3) is 0.800. The number of aliphatic hydroxyl groups excluding tert-OH is 1. The summed E-state index contributed by atoms with van der Waals surface area (Å²) in [6.07, 6.45) is -0.857. The maximum Gasteiger partial charge on any atom is 0.347 e. The lowest BCUT2D eigenvalue weighted by atomic mass is 9.78. The lowest BCUT2D eigenvalue weighted by molar-refractivity contribution is 0.0319. The van der Waals surface area contributed by atoms with Gasteiger partial charge in [-0.2, -0.15) is 0 Å². The van der Waals surface area contributed by atoms with Crippen LogP contribution in [0.15, 0.2) is 14.7 Å². The number of nitrogens with zero attached hydrogens (tertiary/aromatic N) is 4. The molecular formula is C15H22N4O5. The maximum atomic E-state index is 12.4. The van der Waals surface area contributed by atoms with E-state index in [1.807, 2.05) is 13.8 Å². The summed E-state index contributed by atoms with van der Waals surface area (Å²) in [4.78, 5) is 30.0. The number of rotatable bonds is 3. The number of aromatic nitrogens is 3. The fourth-order valence-corrected chi connectivity index (χ4v) is 3.81. The molecule has 1 aliphatic carbocycles. The number of epoxide rings is 1. The molecule has 3 aliphatic rings. The van der Waals surface area contributed by atoms with Crippen LogP contribution in [0.4, 0.5) is 0 Å². The van der Waals surface area contributed by atoms with Gasteiger partial charge >= 0.3 is 11.4 Å². The third-order valence-corrected chi connectivity index (χ3v) is 5.06. The highest BCUT2D eigenvalue weighted by atomic mass is 16.6. The lowest BCUT2D eigenvalue weighted by Crippen LogP contribution is -2.53. The Kier molecular flexibility index (Phi) is 3.47. The Hall–Kier alpha value is -1.87. The third-order valence-electron chi connectivity index (χ3n) is 5.06. The minimum atomic E-state index is -0.838. The highest BCUT2D eigenvalue weighted by Gasteiger charge is 2.61. The molecule has 9 nitrogen and oxygen atoms in total. The lowest BCUT2D eigenvalue weighted by Gasteiger charge is -2.38. The van der Waals surface area contributed by atoms with Crippen LogP contribution < -0.4 is 11.4 Å². The van der Waals surface area contributed by atoms with Crippen molar-refractivity contribution in [3.05, 3.63) is 21.0 Å². The molecule has 2 aliphatic heterocycles. The van der Waals surface area contributed by atoms with Crippen molar-refractivity contribution in [2.75, 3.05) is 6.61 Å². The molecule has 4 rings (SSSR count). The zero-order valence-corrected chi connectivity index (χ0v) is 14.0. The molecular weight excluding hydrogens is 316 g/mol. The van der Waals surface area contributed by atoms with E-state index in [-0.39, 0.29) is 23.8 Å². The molecule has 132 valence electrons. The van der Waals surface area contributed by atoms with E-state index < -0.39 is 17.8 Å². The van der Waals surface area contributed by atoms with Gasteiger partial charge < -0.3 is 14.7 Å². The smallest absolute Gasteiger partial charge is 0.347 e. The molecule has 1 N–H and O–H groups in total. The van der Waals surface area contributed by atoms with Gasteiger partial charge in [-0.25, -0.2) is 23.5 Å². The van der Waals surface area contributed by atoms with Gasteiger partial charge in [0.1, 0.15) is 24.9 Å². The SMILES string of the molecule is CC(C)CO/N=C1/[C@H]2CCn3c(=O)n(C)c(=O)n3[C@H]2[C@H](O)[C@@H]2O[C@H]12. The van der Waals surface area contributed by atoms with Crippen molar-refractivity contribution >= 4 is 5.71 Å². The van der Waals surface area contributed by atoms with Gasteiger partial charge in [0.15, 0.2) is 0 Å². The second-order valence-electron chi connectivity index (χ2n) is 7.20. The van der Waals surface area contributed by atoms with Crippen molar-refractivity contribution in [2.24, 2.45) is 24.0 Å². The van der Waals surface area contributed by atoms with E-state index in [0.717, 1.165) is 10.3 Å². The Labute approximate surface area is 138 Å². The summed E-state index contributed by atoms with van der Waals surface area (Å²) in [7, 11) is 1.45. The molecule has 0 bridgehead atoms. The first-order valence-corrected chi connectivity index (χ1v) is 8.33. The van der Waals surface area contributed by atoms with E-state index in [1.54, 1.807) is 0 Å². The van der Waals surface area contributed by atoms with Gasteiger partial charge in [0.05, 0.1) is 11.8 Å². The highest BCUT2D eigenvalue weighted by molar-refractivity contribution is 5.94. The zero-order valence-electron chi connectivity index (χ0n) is 14.0. The Morgan fingerprint density at radius 2 is 2.12 bits per heavy atom. The molecule has 9 heteroatoms. The number of hydrogen-bond donors (Lipinski definition) is 1. The molecule has 0 aromatic carbocycles. The third kappa shape index (κ3) is 2.11. The average Bonchev–Trinajstić information content (AvgIpc) is 3.31.